The lowest BCUT2D eigenvalue weighted by atomic mass is 10.2. The molecule has 7 nitrogen and oxygen atoms in total. The number of amides is 1. The number of imidazole rings is 1. The van der Waals surface area contributed by atoms with Crippen molar-refractivity contribution in [3.63, 3.8) is 0 Å². The van der Waals surface area contributed by atoms with Gasteiger partial charge >= 0.3 is 0 Å². The Balaban J connectivity index is 1.41. The van der Waals surface area contributed by atoms with Crippen molar-refractivity contribution >= 4 is 46.1 Å². The van der Waals surface area contributed by atoms with Crippen molar-refractivity contribution in [1.29, 1.82) is 0 Å². The third kappa shape index (κ3) is 4.40. The van der Waals surface area contributed by atoms with Crippen molar-refractivity contribution in [3.8, 4) is 17.4 Å². The van der Waals surface area contributed by atoms with Crippen molar-refractivity contribution in [1.82, 2.24) is 19.7 Å². The molecule has 0 saturated carbocycles. The molecular weight excluding hydrogens is 433 g/mol. The van der Waals surface area contributed by atoms with Gasteiger partial charge in [0.15, 0.2) is 5.82 Å². The number of benzene rings is 1. The normalized spacial score (nSPS) is 10.7. The van der Waals surface area contributed by atoms with Crippen molar-refractivity contribution in [2.75, 3.05) is 5.32 Å². The summed E-state index contributed by atoms with van der Waals surface area (Å²) in [6.45, 7) is 1.88. The topological polar surface area (TPSA) is 81.9 Å². The zero-order valence-electron chi connectivity index (χ0n) is 15.0. The molecule has 0 saturated heterocycles. The predicted molar refractivity (Wildman–Crippen MR) is 113 cm³/mol. The molecule has 0 spiro atoms. The van der Waals surface area contributed by atoms with Crippen molar-refractivity contribution in [3.05, 3.63) is 74.9 Å². The van der Waals surface area contributed by atoms with E-state index in [0.717, 1.165) is 17.2 Å². The highest BCUT2D eigenvalue weighted by Crippen LogP contribution is 2.31. The van der Waals surface area contributed by atoms with Gasteiger partial charge in [0.25, 0.3) is 5.91 Å². The Morgan fingerprint density at radius 3 is 2.52 bits per heavy atom. The van der Waals surface area contributed by atoms with Crippen LogP contribution in [0.1, 0.15) is 16.2 Å². The number of ether oxygens (including phenoxy) is 1. The number of thiophene rings is 1. The fourth-order valence-corrected chi connectivity index (χ4v) is 3.99. The molecule has 0 atom stereocenters. The lowest BCUT2D eigenvalue weighted by molar-refractivity contribution is 0.102. The van der Waals surface area contributed by atoms with Crippen LogP contribution in [0.15, 0.2) is 54.9 Å². The van der Waals surface area contributed by atoms with Gasteiger partial charge in [-0.1, -0.05) is 23.2 Å². The number of nitrogens with one attached hydrogen (secondary N) is 1. The van der Waals surface area contributed by atoms with Gasteiger partial charge in [0, 0.05) is 24.1 Å². The summed E-state index contributed by atoms with van der Waals surface area (Å²) in [5.74, 6) is 2.04. The van der Waals surface area contributed by atoms with Gasteiger partial charge in [-0.2, -0.15) is 0 Å². The molecule has 0 bridgehead atoms. The van der Waals surface area contributed by atoms with E-state index in [1.807, 2.05) is 17.7 Å². The minimum atomic E-state index is -0.330. The molecule has 0 radical (unpaired) electrons. The first kappa shape index (κ1) is 19.4. The summed E-state index contributed by atoms with van der Waals surface area (Å²) in [5.41, 5.74) is 0.934. The number of aromatic nitrogens is 4. The molecule has 4 aromatic rings. The number of halogens is 2. The van der Waals surface area contributed by atoms with Crippen LogP contribution >= 0.6 is 34.5 Å². The van der Waals surface area contributed by atoms with Crippen molar-refractivity contribution in [2.45, 2.75) is 6.92 Å². The molecule has 0 aliphatic carbocycles. The van der Waals surface area contributed by atoms with Crippen LogP contribution in [0.25, 0.3) is 5.82 Å². The lowest BCUT2D eigenvalue weighted by Gasteiger charge is -2.08. The molecule has 0 aliphatic heterocycles. The zero-order chi connectivity index (χ0) is 20.4. The molecule has 0 aliphatic rings. The molecule has 0 unspecified atom stereocenters. The summed E-state index contributed by atoms with van der Waals surface area (Å²) in [6.07, 6.45) is 3.51. The molecule has 3 heterocycles. The van der Waals surface area contributed by atoms with Gasteiger partial charge in [-0.3, -0.25) is 9.36 Å². The minimum Gasteiger partial charge on any atom is -0.438 e. The van der Waals surface area contributed by atoms with Crippen LogP contribution in [-0.2, 0) is 0 Å². The maximum absolute atomic E-state index is 12.3. The molecule has 0 fully saturated rings. The van der Waals surface area contributed by atoms with Crippen LogP contribution in [0.2, 0.25) is 8.67 Å². The summed E-state index contributed by atoms with van der Waals surface area (Å²) < 4.78 is 8.33. The highest BCUT2D eigenvalue weighted by Gasteiger charge is 2.14. The van der Waals surface area contributed by atoms with E-state index in [-0.39, 0.29) is 5.91 Å². The van der Waals surface area contributed by atoms with Crippen LogP contribution in [0.4, 0.5) is 5.69 Å². The fourth-order valence-electron chi connectivity index (χ4n) is 2.54. The third-order valence-corrected chi connectivity index (χ3v) is 5.42. The quantitative estimate of drug-likeness (QED) is 0.445. The predicted octanol–water partition coefficient (Wildman–Crippen LogP) is 5.38. The van der Waals surface area contributed by atoms with Gasteiger partial charge in [-0.25, -0.2) is 4.98 Å². The van der Waals surface area contributed by atoms with Gasteiger partial charge in [-0.15, -0.1) is 21.5 Å². The Labute approximate surface area is 179 Å². The van der Waals surface area contributed by atoms with Crippen molar-refractivity contribution in [2.24, 2.45) is 0 Å². The number of hydrogen-bond donors (Lipinski definition) is 1. The number of anilines is 1. The SMILES string of the molecule is Cc1nccn1-c1ccc(Oc2ccc(NC(=O)c3cc(Cl)sc3Cl)cc2)nn1. The maximum atomic E-state index is 12.3. The lowest BCUT2D eigenvalue weighted by Crippen LogP contribution is -2.11. The first-order valence-electron chi connectivity index (χ1n) is 8.38. The standard InChI is InChI=1S/C19H13Cl2N5O2S/c1-11-22-8-9-26(11)16-6-7-17(25-24-16)28-13-4-2-12(3-5-13)23-19(27)14-10-15(20)29-18(14)21/h2-10H,1H3,(H,23,27). The van der Waals surface area contributed by atoms with Gasteiger partial charge in [0.1, 0.15) is 15.9 Å². The van der Waals surface area contributed by atoms with Crippen molar-refractivity contribution < 1.29 is 9.53 Å². The van der Waals surface area contributed by atoms with Crippen LogP contribution in [0.3, 0.4) is 0 Å². The monoisotopic (exact) mass is 445 g/mol. The van der Waals surface area contributed by atoms with E-state index in [1.54, 1.807) is 42.6 Å². The molecule has 3 aromatic heterocycles. The number of rotatable bonds is 5. The van der Waals surface area contributed by atoms with E-state index >= 15 is 0 Å². The van der Waals surface area contributed by atoms with Crippen LogP contribution in [0, 0.1) is 6.92 Å². The number of aryl methyl sites for hydroxylation is 1. The molecule has 10 heteroatoms. The van der Waals surface area contributed by atoms with Gasteiger partial charge < -0.3 is 10.1 Å². The highest BCUT2D eigenvalue weighted by atomic mass is 35.5. The molecule has 146 valence electrons. The first-order valence-corrected chi connectivity index (χ1v) is 9.95. The summed E-state index contributed by atoms with van der Waals surface area (Å²) >= 11 is 13.0. The van der Waals surface area contributed by atoms with E-state index in [0.29, 0.717) is 37.4 Å². The summed E-state index contributed by atoms with van der Waals surface area (Å²) in [6, 6.07) is 11.9. The largest absolute Gasteiger partial charge is 0.438 e. The second-order valence-corrected chi connectivity index (χ2v) is 8.18. The first-order chi connectivity index (χ1) is 14.0. The Morgan fingerprint density at radius 2 is 1.93 bits per heavy atom. The van der Waals surface area contributed by atoms with Crippen LogP contribution in [-0.4, -0.2) is 25.7 Å². The minimum absolute atomic E-state index is 0.330. The van der Waals surface area contributed by atoms with E-state index in [9.17, 15) is 4.79 Å². The summed E-state index contributed by atoms with van der Waals surface area (Å²) in [5, 5.41) is 11.0. The maximum Gasteiger partial charge on any atom is 0.258 e. The molecule has 1 aromatic carbocycles. The number of carbonyl (C=O) groups is 1. The summed E-state index contributed by atoms with van der Waals surface area (Å²) in [7, 11) is 0. The fraction of sp³-hybridized carbons (Fsp3) is 0.0526. The smallest absolute Gasteiger partial charge is 0.258 e. The number of carbonyl (C=O) groups excluding carboxylic acids is 1. The number of hydrogen-bond acceptors (Lipinski definition) is 6. The highest BCUT2D eigenvalue weighted by molar-refractivity contribution is 7.20. The second kappa shape index (κ2) is 8.20. The van der Waals surface area contributed by atoms with Gasteiger partial charge in [0.05, 0.1) is 9.90 Å². The molecule has 1 amide bonds. The molecule has 1 N–H and O–H groups in total. The van der Waals surface area contributed by atoms with E-state index in [2.05, 4.69) is 20.5 Å². The summed E-state index contributed by atoms with van der Waals surface area (Å²) in [4.78, 5) is 16.4. The van der Waals surface area contributed by atoms with Gasteiger partial charge in [0.2, 0.25) is 5.88 Å². The molecule has 29 heavy (non-hydrogen) atoms. The second-order valence-electron chi connectivity index (χ2n) is 5.89. The van der Waals surface area contributed by atoms with E-state index in [1.165, 1.54) is 6.07 Å². The zero-order valence-corrected chi connectivity index (χ0v) is 17.3. The van der Waals surface area contributed by atoms with E-state index in [4.69, 9.17) is 27.9 Å². The Hall–Kier alpha value is -2.94. The average Bonchev–Trinajstić information content (AvgIpc) is 3.28. The average molecular weight is 446 g/mol. The Morgan fingerprint density at radius 1 is 1.14 bits per heavy atom. The van der Waals surface area contributed by atoms with Gasteiger partial charge in [-0.05, 0) is 43.3 Å². The molecule has 4 rings (SSSR count). The van der Waals surface area contributed by atoms with Crippen LogP contribution in [0.5, 0.6) is 11.6 Å². The Bertz CT molecular complexity index is 1160. The van der Waals surface area contributed by atoms with Crippen LogP contribution < -0.4 is 10.1 Å². The Kier molecular flexibility index (Phi) is 5.48. The number of nitrogens with zero attached hydrogens (tertiary/aromatic N) is 4. The van der Waals surface area contributed by atoms with E-state index < -0.39 is 0 Å². The third-order valence-electron chi connectivity index (χ3n) is 3.93. The molecular formula is C19H13Cl2N5O2S.